The van der Waals surface area contributed by atoms with Crippen molar-refractivity contribution in [3.63, 3.8) is 0 Å². The molecule has 0 saturated carbocycles. The highest BCUT2D eigenvalue weighted by molar-refractivity contribution is 5.25. The first-order valence-electron chi connectivity index (χ1n) is 7.10. The van der Waals surface area contributed by atoms with Crippen LogP contribution in [0.5, 0.6) is 0 Å². The van der Waals surface area contributed by atoms with Crippen molar-refractivity contribution in [1.82, 2.24) is 19.1 Å². The van der Waals surface area contributed by atoms with Crippen molar-refractivity contribution in [2.45, 2.75) is 32.4 Å². The standard InChI is InChI=1S/C14H23N5O/c1-20-12-4-5-16-14-17-7-11-19(14)9-3-2-8-18-10-6-15-13-18/h6-7,10-11,13H,2-5,8-9,12H2,1H3,(H,16,17). The van der Waals surface area contributed by atoms with Gasteiger partial charge in [-0.15, -0.1) is 0 Å². The van der Waals surface area contributed by atoms with E-state index >= 15 is 0 Å². The van der Waals surface area contributed by atoms with Gasteiger partial charge in [0.25, 0.3) is 0 Å². The summed E-state index contributed by atoms with van der Waals surface area (Å²) in [6.07, 6.45) is 12.8. The second kappa shape index (κ2) is 8.37. The van der Waals surface area contributed by atoms with Crippen LogP contribution in [0.4, 0.5) is 5.95 Å². The van der Waals surface area contributed by atoms with Crippen molar-refractivity contribution in [2.24, 2.45) is 0 Å². The second-order valence-electron chi connectivity index (χ2n) is 4.72. The number of rotatable bonds is 10. The Morgan fingerprint density at radius 2 is 2.05 bits per heavy atom. The summed E-state index contributed by atoms with van der Waals surface area (Å²) in [6, 6.07) is 0. The van der Waals surface area contributed by atoms with Gasteiger partial charge in [0.1, 0.15) is 0 Å². The van der Waals surface area contributed by atoms with Gasteiger partial charge in [0.05, 0.1) is 6.33 Å². The van der Waals surface area contributed by atoms with Crippen LogP contribution >= 0.6 is 0 Å². The zero-order chi connectivity index (χ0) is 14.0. The number of ether oxygens (including phenoxy) is 1. The fourth-order valence-corrected chi connectivity index (χ4v) is 2.07. The quantitative estimate of drug-likeness (QED) is 0.675. The lowest BCUT2D eigenvalue weighted by Gasteiger charge is -2.09. The van der Waals surface area contributed by atoms with E-state index in [1.54, 1.807) is 7.11 Å². The molecule has 6 heteroatoms. The van der Waals surface area contributed by atoms with Crippen molar-refractivity contribution in [3.8, 4) is 0 Å². The summed E-state index contributed by atoms with van der Waals surface area (Å²) in [6.45, 7) is 3.67. The number of hydrogen-bond acceptors (Lipinski definition) is 4. The van der Waals surface area contributed by atoms with Crippen molar-refractivity contribution < 1.29 is 4.74 Å². The third kappa shape index (κ3) is 4.70. The normalized spacial score (nSPS) is 10.8. The van der Waals surface area contributed by atoms with Gasteiger partial charge in [-0.1, -0.05) is 0 Å². The molecule has 0 amide bonds. The Kier molecular flexibility index (Phi) is 6.10. The van der Waals surface area contributed by atoms with Crippen molar-refractivity contribution in [3.05, 3.63) is 31.1 Å². The number of aromatic nitrogens is 4. The molecule has 0 radical (unpaired) electrons. The number of hydrogen-bond donors (Lipinski definition) is 1. The highest BCUT2D eigenvalue weighted by Crippen LogP contribution is 2.07. The predicted octanol–water partition coefficient (Wildman–Crippen LogP) is 2.01. The van der Waals surface area contributed by atoms with Gasteiger partial charge in [-0.25, -0.2) is 9.97 Å². The number of nitrogens with zero attached hydrogens (tertiary/aromatic N) is 4. The molecule has 0 aromatic carbocycles. The monoisotopic (exact) mass is 277 g/mol. The molecule has 20 heavy (non-hydrogen) atoms. The largest absolute Gasteiger partial charge is 0.385 e. The van der Waals surface area contributed by atoms with Crippen LogP contribution in [0.1, 0.15) is 19.3 Å². The van der Waals surface area contributed by atoms with E-state index in [0.717, 1.165) is 51.5 Å². The van der Waals surface area contributed by atoms with E-state index < -0.39 is 0 Å². The first-order chi connectivity index (χ1) is 9.90. The van der Waals surface area contributed by atoms with Gasteiger partial charge in [0.15, 0.2) is 0 Å². The maximum Gasteiger partial charge on any atom is 0.202 e. The summed E-state index contributed by atoms with van der Waals surface area (Å²) in [4.78, 5) is 8.38. The van der Waals surface area contributed by atoms with Crippen LogP contribution in [0.25, 0.3) is 0 Å². The van der Waals surface area contributed by atoms with Gasteiger partial charge >= 0.3 is 0 Å². The maximum absolute atomic E-state index is 5.03. The predicted molar refractivity (Wildman–Crippen MR) is 78.7 cm³/mol. The summed E-state index contributed by atoms with van der Waals surface area (Å²) >= 11 is 0. The van der Waals surface area contributed by atoms with Gasteiger partial charge in [-0.2, -0.15) is 0 Å². The zero-order valence-corrected chi connectivity index (χ0v) is 12.0. The molecule has 0 saturated heterocycles. The SMILES string of the molecule is COCCCNc1nccn1CCCCn1ccnc1. The molecule has 2 rings (SSSR count). The molecule has 0 aliphatic heterocycles. The summed E-state index contributed by atoms with van der Waals surface area (Å²) in [5.41, 5.74) is 0. The molecular weight excluding hydrogens is 254 g/mol. The summed E-state index contributed by atoms with van der Waals surface area (Å²) in [7, 11) is 1.72. The first kappa shape index (κ1) is 14.6. The number of aryl methyl sites for hydroxylation is 2. The van der Waals surface area contributed by atoms with Crippen LogP contribution in [-0.2, 0) is 17.8 Å². The first-order valence-corrected chi connectivity index (χ1v) is 7.10. The highest BCUT2D eigenvalue weighted by Gasteiger charge is 2.01. The van der Waals surface area contributed by atoms with Crippen molar-refractivity contribution in [1.29, 1.82) is 0 Å². The lowest BCUT2D eigenvalue weighted by atomic mass is 10.3. The fraction of sp³-hybridized carbons (Fsp3) is 0.571. The average molecular weight is 277 g/mol. The molecule has 0 aliphatic carbocycles. The highest BCUT2D eigenvalue weighted by atomic mass is 16.5. The Balaban J connectivity index is 1.66. The molecule has 2 aromatic heterocycles. The fourth-order valence-electron chi connectivity index (χ4n) is 2.07. The number of anilines is 1. The van der Waals surface area contributed by atoms with E-state index in [-0.39, 0.29) is 0 Å². The van der Waals surface area contributed by atoms with Crippen LogP contribution in [0.2, 0.25) is 0 Å². The summed E-state index contributed by atoms with van der Waals surface area (Å²) in [5.74, 6) is 0.948. The molecule has 1 N–H and O–H groups in total. The van der Waals surface area contributed by atoms with Crippen LogP contribution in [0, 0.1) is 0 Å². The Bertz CT molecular complexity index is 466. The third-order valence-corrected chi connectivity index (χ3v) is 3.15. The Labute approximate surface area is 119 Å². The molecule has 0 aliphatic rings. The Morgan fingerprint density at radius 1 is 1.15 bits per heavy atom. The topological polar surface area (TPSA) is 56.9 Å². The van der Waals surface area contributed by atoms with E-state index in [2.05, 4.69) is 24.4 Å². The third-order valence-electron chi connectivity index (χ3n) is 3.15. The summed E-state index contributed by atoms with van der Waals surface area (Å²) < 4.78 is 9.31. The van der Waals surface area contributed by atoms with Gasteiger partial charge in [-0.3, -0.25) is 0 Å². The summed E-state index contributed by atoms with van der Waals surface area (Å²) in [5, 5.41) is 3.34. The molecule has 0 bridgehead atoms. The van der Waals surface area contributed by atoms with Gasteiger partial charge < -0.3 is 19.2 Å². The van der Waals surface area contributed by atoms with Crippen LogP contribution < -0.4 is 5.32 Å². The molecule has 0 unspecified atom stereocenters. The van der Waals surface area contributed by atoms with E-state index in [0.29, 0.717) is 0 Å². The van der Waals surface area contributed by atoms with Crippen molar-refractivity contribution >= 4 is 5.95 Å². The van der Waals surface area contributed by atoms with E-state index in [1.165, 1.54) is 0 Å². The molecule has 6 nitrogen and oxygen atoms in total. The Hall–Kier alpha value is -1.82. The Morgan fingerprint density at radius 3 is 2.85 bits per heavy atom. The van der Waals surface area contributed by atoms with E-state index in [4.69, 9.17) is 4.74 Å². The molecule has 0 spiro atoms. The molecular formula is C14H23N5O. The van der Waals surface area contributed by atoms with E-state index in [9.17, 15) is 0 Å². The van der Waals surface area contributed by atoms with Crippen LogP contribution in [0.3, 0.4) is 0 Å². The van der Waals surface area contributed by atoms with E-state index in [1.807, 2.05) is 31.1 Å². The van der Waals surface area contributed by atoms with Gasteiger partial charge in [0, 0.05) is 58.1 Å². The van der Waals surface area contributed by atoms with Crippen LogP contribution in [-0.4, -0.2) is 39.4 Å². The van der Waals surface area contributed by atoms with Gasteiger partial charge in [0.2, 0.25) is 5.95 Å². The lowest BCUT2D eigenvalue weighted by Crippen LogP contribution is -2.10. The number of methoxy groups -OCH3 is 1. The number of nitrogens with one attached hydrogen (secondary N) is 1. The van der Waals surface area contributed by atoms with Gasteiger partial charge in [-0.05, 0) is 19.3 Å². The second-order valence-corrected chi connectivity index (χ2v) is 4.72. The minimum atomic E-state index is 0.776. The zero-order valence-electron chi connectivity index (χ0n) is 12.0. The molecule has 0 fully saturated rings. The lowest BCUT2D eigenvalue weighted by molar-refractivity contribution is 0.197. The minimum Gasteiger partial charge on any atom is -0.385 e. The average Bonchev–Trinajstić information content (AvgIpc) is 3.11. The molecule has 110 valence electrons. The molecule has 2 heterocycles. The van der Waals surface area contributed by atoms with Crippen LogP contribution in [0.15, 0.2) is 31.1 Å². The smallest absolute Gasteiger partial charge is 0.202 e. The molecule has 0 atom stereocenters. The molecule has 2 aromatic rings. The number of imidazole rings is 2. The minimum absolute atomic E-state index is 0.776. The number of unbranched alkanes of at least 4 members (excludes halogenated alkanes) is 1. The van der Waals surface area contributed by atoms with Crippen molar-refractivity contribution in [2.75, 3.05) is 25.6 Å². The maximum atomic E-state index is 5.03.